The van der Waals surface area contributed by atoms with E-state index in [0.717, 1.165) is 44.5 Å². The largest absolute Gasteiger partial charge is 0.493 e. The summed E-state index contributed by atoms with van der Waals surface area (Å²) < 4.78 is 12.5. The van der Waals surface area contributed by atoms with Gasteiger partial charge in [0.1, 0.15) is 11.8 Å². The van der Waals surface area contributed by atoms with Gasteiger partial charge in [-0.05, 0) is 55.9 Å². The average molecular weight is 504 g/mol. The van der Waals surface area contributed by atoms with Crippen molar-refractivity contribution in [1.29, 1.82) is 0 Å². The van der Waals surface area contributed by atoms with Crippen molar-refractivity contribution in [1.82, 2.24) is 15.1 Å². The number of carbonyl (C=O) groups is 3. The number of nitrogens with zero attached hydrogens (tertiary/aromatic N) is 2. The number of amides is 3. The smallest absolute Gasteiger partial charge is 0.255 e. The number of rotatable bonds is 6. The summed E-state index contributed by atoms with van der Waals surface area (Å²) in [6.07, 6.45) is 3.51. The highest BCUT2D eigenvalue weighted by atomic mass is 16.5. The van der Waals surface area contributed by atoms with Crippen molar-refractivity contribution >= 4 is 17.7 Å². The van der Waals surface area contributed by atoms with E-state index in [1.807, 2.05) is 12.1 Å². The molecule has 0 aliphatic carbocycles. The van der Waals surface area contributed by atoms with E-state index < -0.39 is 11.9 Å². The molecule has 2 aromatic carbocycles. The lowest BCUT2D eigenvalue weighted by atomic mass is 9.83. The van der Waals surface area contributed by atoms with Crippen molar-refractivity contribution < 1.29 is 23.9 Å². The zero-order valence-corrected chi connectivity index (χ0v) is 21.3. The van der Waals surface area contributed by atoms with Crippen LogP contribution in [0.4, 0.5) is 0 Å². The number of carbonyl (C=O) groups excluding carboxylic acids is 3. The van der Waals surface area contributed by atoms with E-state index in [9.17, 15) is 14.4 Å². The van der Waals surface area contributed by atoms with Gasteiger partial charge in [0.25, 0.3) is 5.91 Å². The molecule has 2 aromatic rings. The number of hydrogen-bond acceptors (Lipinski definition) is 6. The summed E-state index contributed by atoms with van der Waals surface area (Å²) in [5.41, 5.74) is 5.28. The fourth-order valence-electron chi connectivity index (χ4n) is 6.25. The Bertz CT molecular complexity index is 1250. The van der Waals surface area contributed by atoms with Gasteiger partial charge in [-0.2, -0.15) is 0 Å². The number of likely N-dealkylation sites (tertiary alicyclic amines) is 1. The normalized spacial score (nSPS) is 22.8. The summed E-state index contributed by atoms with van der Waals surface area (Å²) in [6.45, 7) is 6.70. The number of fused-ring (bicyclic) bond motifs is 3. The van der Waals surface area contributed by atoms with Gasteiger partial charge in [-0.1, -0.05) is 29.8 Å². The van der Waals surface area contributed by atoms with Gasteiger partial charge in [0.2, 0.25) is 11.8 Å². The van der Waals surface area contributed by atoms with E-state index >= 15 is 0 Å². The first kappa shape index (κ1) is 24.1. The van der Waals surface area contributed by atoms with E-state index in [2.05, 4.69) is 35.3 Å². The first-order chi connectivity index (χ1) is 17.9. The Morgan fingerprint density at radius 1 is 1.14 bits per heavy atom. The molecular weight excluding hydrogens is 470 g/mol. The van der Waals surface area contributed by atoms with Gasteiger partial charge in [-0.15, -0.1) is 0 Å². The topological polar surface area (TPSA) is 88.2 Å². The van der Waals surface area contributed by atoms with Crippen LogP contribution in [0.2, 0.25) is 0 Å². The van der Waals surface area contributed by atoms with Gasteiger partial charge >= 0.3 is 0 Å². The molecule has 0 aromatic heterocycles. The average Bonchev–Trinajstić information content (AvgIpc) is 3.41. The second kappa shape index (κ2) is 9.58. The van der Waals surface area contributed by atoms with E-state index in [1.54, 1.807) is 11.0 Å². The number of benzene rings is 2. The van der Waals surface area contributed by atoms with Gasteiger partial charge < -0.3 is 19.3 Å². The maximum absolute atomic E-state index is 13.0. The summed E-state index contributed by atoms with van der Waals surface area (Å²) >= 11 is 0. The molecule has 2 saturated heterocycles. The first-order valence-electron chi connectivity index (χ1n) is 13.3. The molecule has 194 valence electrons. The zero-order valence-electron chi connectivity index (χ0n) is 21.3. The molecule has 1 spiro atoms. The molecule has 4 aliphatic rings. The number of piperidine rings is 2. The highest BCUT2D eigenvalue weighted by molar-refractivity contribution is 6.05. The number of aryl methyl sites for hydroxylation is 1. The lowest BCUT2D eigenvalue weighted by Crippen LogP contribution is -2.52. The van der Waals surface area contributed by atoms with Crippen LogP contribution in [-0.2, 0) is 33.1 Å². The third-order valence-electron chi connectivity index (χ3n) is 8.34. The standard InChI is InChI=1S/C29H33N3O5/c1-19-6-7-20-18-37-29(23(20)16-19)10-13-31(14-11-29)12-3-15-36-25-5-2-4-21-22(25)17-32(28(21)35)24-8-9-26(33)30-27(24)34/h2,4-7,16,24H,3,8-15,17-18H2,1H3,(H,30,33,34). The molecule has 0 saturated carbocycles. The molecule has 0 radical (unpaired) electrons. The third kappa shape index (κ3) is 4.42. The van der Waals surface area contributed by atoms with Crippen LogP contribution in [0.3, 0.4) is 0 Å². The summed E-state index contributed by atoms with van der Waals surface area (Å²) in [5, 5.41) is 2.35. The minimum absolute atomic E-state index is 0.125. The van der Waals surface area contributed by atoms with Crippen LogP contribution in [0, 0.1) is 6.92 Å². The van der Waals surface area contributed by atoms with Crippen LogP contribution >= 0.6 is 0 Å². The highest BCUT2D eigenvalue weighted by Crippen LogP contribution is 2.44. The number of ether oxygens (including phenoxy) is 2. The fraction of sp³-hybridized carbons (Fsp3) is 0.483. The Morgan fingerprint density at radius 2 is 1.97 bits per heavy atom. The molecule has 1 unspecified atom stereocenters. The molecular formula is C29H33N3O5. The maximum atomic E-state index is 13.0. The third-order valence-corrected chi connectivity index (χ3v) is 8.34. The van der Waals surface area contributed by atoms with E-state index in [0.29, 0.717) is 37.5 Å². The molecule has 37 heavy (non-hydrogen) atoms. The molecule has 4 aliphatic heterocycles. The highest BCUT2D eigenvalue weighted by Gasteiger charge is 2.43. The van der Waals surface area contributed by atoms with Gasteiger partial charge in [-0.25, -0.2) is 0 Å². The lowest BCUT2D eigenvalue weighted by molar-refractivity contribution is -0.136. The van der Waals surface area contributed by atoms with Crippen molar-refractivity contribution in [3.05, 3.63) is 64.2 Å². The van der Waals surface area contributed by atoms with Gasteiger partial charge in [0, 0.05) is 37.2 Å². The number of nitrogens with one attached hydrogen (secondary N) is 1. The molecule has 0 bridgehead atoms. The van der Waals surface area contributed by atoms with Gasteiger partial charge in [-0.3, -0.25) is 19.7 Å². The summed E-state index contributed by atoms with van der Waals surface area (Å²) in [4.78, 5) is 40.9. The van der Waals surface area contributed by atoms with Crippen LogP contribution < -0.4 is 10.1 Å². The molecule has 3 amide bonds. The molecule has 1 N–H and O–H groups in total. The minimum atomic E-state index is -0.618. The van der Waals surface area contributed by atoms with Crippen LogP contribution in [0.25, 0.3) is 0 Å². The van der Waals surface area contributed by atoms with Crippen LogP contribution in [0.5, 0.6) is 5.75 Å². The summed E-state index contributed by atoms with van der Waals surface area (Å²) in [7, 11) is 0. The Labute approximate surface area is 216 Å². The van der Waals surface area contributed by atoms with Gasteiger partial charge in [0.05, 0.1) is 25.4 Å². The van der Waals surface area contributed by atoms with Crippen molar-refractivity contribution in [3.8, 4) is 5.75 Å². The molecule has 2 fully saturated rings. The van der Waals surface area contributed by atoms with Crippen LogP contribution in [0.1, 0.15) is 64.7 Å². The van der Waals surface area contributed by atoms with Gasteiger partial charge in [0.15, 0.2) is 0 Å². The minimum Gasteiger partial charge on any atom is -0.493 e. The number of imide groups is 1. The quantitative estimate of drug-likeness (QED) is 0.482. The fourth-order valence-corrected chi connectivity index (χ4v) is 6.25. The van der Waals surface area contributed by atoms with Crippen LogP contribution in [0.15, 0.2) is 36.4 Å². The lowest BCUT2D eigenvalue weighted by Gasteiger charge is -2.39. The van der Waals surface area contributed by atoms with E-state index in [4.69, 9.17) is 9.47 Å². The Hall–Kier alpha value is -3.23. The molecule has 4 heterocycles. The predicted molar refractivity (Wildman–Crippen MR) is 136 cm³/mol. The van der Waals surface area contributed by atoms with Crippen molar-refractivity contribution in [3.63, 3.8) is 0 Å². The number of hydrogen-bond donors (Lipinski definition) is 1. The van der Waals surface area contributed by atoms with E-state index in [1.165, 1.54) is 16.7 Å². The molecule has 1 atom stereocenters. The maximum Gasteiger partial charge on any atom is 0.255 e. The summed E-state index contributed by atoms with van der Waals surface area (Å²) in [5.74, 6) is -0.161. The van der Waals surface area contributed by atoms with Crippen molar-refractivity contribution in [2.24, 2.45) is 0 Å². The second-order valence-corrected chi connectivity index (χ2v) is 10.7. The molecule has 8 nitrogen and oxygen atoms in total. The predicted octanol–water partition coefficient (Wildman–Crippen LogP) is 3.05. The second-order valence-electron chi connectivity index (χ2n) is 10.7. The Balaban J connectivity index is 1.01. The first-order valence-corrected chi connectivity index (χ1v) is 13.3. The molecule has 8 heteroatoms. The molecule has 6 rings (SSSR count). The van der Waals surface area contributed by atoms with Crippen LogP contribution in [-0.4, -0.2) is 59.8 Å². The Kier molecular flexibility index (Phi) is 6.24. The van der Waals surface area contributed by atoms with Crippen molar-refractivity contribution in [2.75, 3.05) is 26.2 Å². The SMILES string of the molecule is Cc1ccc2c(c1)C1(CCN(CCCOc3cccc4c3CN(C3CCC(=O)NC3=O)C4=O)CC1)OC2. The Morgan fingerprint density at radius 3 is 2.78 bits per heavy atom. The zero-order chi connectivity index (χ0) is 25.6. The van der Waals surface area contributed by atoms with E-state index in [-0.39, 0.29) is 23.8 Å². The summed E-state index contributed by atoms with van der Waals surface area (Å²) in [6, 6.07) is 11.6. The van der Waals surface area contributed by atoms with Crippen molar-refractivity contribution in [2.45, 2.75) is 63.8 Å². The monoisotopic (exact) mass is 503 g/mol.